The van der Waals surface area contributed by atoms with Crippen LogP contribution in [0.3, 0.4) is 0 Å². The van der Waals surface area contributed by atoms with E-state index in [2.05, 4.69) is 5.32 Å². The summed E-state index contributed by atoms with van der Waals surface area (Å²) in [6, 6.07) is 0. The molecule has 0 spiro atoms. The first-order valence-corrected chi connectivity index (χ1v) is 6.00. The van der Waals surface area contributed by atoms with Crippen LogP contribution in [0.4, 0.5) is 0 Å². The first-order valence-electron chi connectivity index (χ1n) is 6.00. The zero-order valence-corrected chi connectivity index (χ0v) is 10.0. The molecule has 15 heavy (non-hydrogen) atoms. The van der Waals surface area contributed by atoms with Gasteiger partial charge in [-0.15, -0.1) is 0 Å². The molecule has 0 bridgehead atoms. The molecule has 3 heteroatoms. The number of hydrogen-bond acceptors (Lipinski definition) is 2. The Hall–Kier alpha value is -0.570. The molecule has 0 radical (unpaired) electrons. The molecule has 0 saturated heterocycles. The number of hydrogen-bond donors (Lipinski definition) is 2. The van der Waals surface area contributed by atoms with E-state index in [-0.39, 0.29) is 11.3 Å². The highest BCUT2D eigenvalue weighted by atomic mass is 16.1. The lowest BCUT2D eigenvalue weighted by atomic mass is 9.89. The number of amides is 1. The second-order valence-electron chi connectivity index (χ2n) is 5.50. The van der Waals surface area contributed by atoms with Gasteiger partial charge in [-0.05, 0) is 30.7 Å². The molecule has 88 valence electrons. The van der Waals surface area contributed by atoms with Gasteiger partial charge in [0.2, 0.25) is 5.91 Å². The molecular weight excluding hydrogens is 188 g/mol. The van der Waals surface area contributed by atoms with Crippen LogP contribution in [0, 0.1) is 11.3 Å². The van der Waals surface area contributed by atoms with Gasteiger partial charge in [0, 0.05) is 13.0 Å². The summed E-state index contributed by atoms with van der Waals surface area (Å²) in [6.45, 7) is 5.48. The summed E-state index contributed by atoms with van der Waals surface area (Å²) < 4.78 is 0. The van der Waals surface area contributed by atoms with Crippen molar-refractivity contribution in [2.75, 3.05) is 13.1 Å². The number of nitrogens with one attached hydrogen (secondary N) is 1. The SMILES string of the molecule is CC(C)(CN)CC(=O)NCC1CCCC1. The Morgan fingerprint density at radius 2 is 2.00 bits per heavy atom. The molecule has 1 aliphatic rings. The fourth-order valence-corrected chi connectivity index (χ4v) is 2.04. The summed E-state index contributed by atoms with van der Waals surface area (Å²) in [5.74, 6) is 0.868. The van der Waals surface area contributed by atoms with Crippen molar-refractivity contribution in [2.45, 2.75) is 46.0 Å². The predicted molar refractivity (Wildman–Crippen MR) is 62.4 cm³/mol. The molecule has 0 atom stereocenters. The van der Waals surface area contributed by atoms with Crippen LogP contribution in [0.1, 0.15) is 46.0 Å². The summed E-state index contributed by atoms with van der Waals surface area (Å²) in [6.07, 6.45) is 5.75. The number of nitrogens with two attached hydrogens (primary N) is 1. The lowest BCUT2D eigenvalue weighted by molar-refractivity contribution is -0.123. The Balaban J connectivity index is 2.18. The van der Waals surface area contributed by atoms with Crippen LogP contribution in [0.2, 0.25) is 0 Å². The summed E-state index contributed by atoms with van der Waals surface area (Å²) in [7, 11) is 0. The molecule has 1 amide bonds. The van der Waals surface area contributed by atoms with Crippen LogP contribution in [-0.4, -0.2) is 19.0 Å². The molecule has 0 unspecified atom stereocenters. The number of carbonyl (C=O) groups is 1. The Kier molecular flexibility index (Phi) is 4.58. The van der Waals surface area contributed by atoms with Crippen LogP contribution in [0.15, 0.2) is 0 Å². The largest absolute Gasteiger partial charge is 0.356 e. The molecule has 3 N–H and O–H groups in total. The number of rotatable bonds is 5. The van der Waals surface area contributed by atoms with Gasteiger partial charge in [-0.2, -0.15) is 0 Å². The highest BCUT2D eigenvalue weighted by molar-refractivity contribution is 5.76. The quantitative estimate of drug-likeness (QED) is 0.728. The van der Waals surface area contributed by atoms with Gasteiger partial charge in [0.25, 0.3) is 0 Å². The topological polar surface area (TPSA) is 55.1 Å². The van der Waals surface area contributed by atoms with Crippen molar-refractivity contribution in [1.29, 1.82) is 0 Å². The van der Waals surface area contributed by atoms with Gasteiger partial charge in [0.15, 0.2) is 0 Å². The highest BCUT2D eigenvalue weighted by Gasteiger charge is 2.21. The van der Waals surface area contributed by atoms with Crippen molar-refractivity contribution in [3.8, 4) is 0 Å². The van der Waals surface area contributed by atoms with Gasteiger partial charge in [-0.1, -0.05) is 26.7 Å². The summed E-state index contributed by atoms with van der Waals surface area (Å²) in [5.41, 5.74) is 5.52. The first-order chi connectivity index (χ1) is 7.03. The van der Waals surface area contributed by atoms with Crippen LogP contribution in [-0.2, 0) is 4.79 Å². The van der Waals surface area contributed by atoms with E-state index in [1.807, 2.05) is 13.8 Å². The average molecular weight is 212 g/mol. The molecule has 0 aromatic heterocycles. The van der Waals surface area contributed by atoms with Gasteiger partial charge in [0.1, 0.15) is 0 Å². The van der Waals surface area contributed by atoms with Crippen LogP contribution in [0.5, 0.6) is 0 Å². The molecule has 0 aromatic carbocycles. The zero-order valence-electron chi connectivity index (χ0n) is 10.0. The van der Waals surface area contributed by atoms with E-state index < -0.39 is 0 Å². The maximum absolute atomic E-state index is 11.6. The van der Waals surface area contributed by atoms with Gasteiger partial charge in [0.05, 0.1) is 0 Å². The first kappa shape index (κ1) is 12.5. The zero-order chi connectivity index (χ0) is 11.3. The molecule has 1 saturated carbocycles. The Bertz CT molecular complexity index is 208. The van der Waals surface area contributed by atoms with Crippen molar-refractivity contribution in [2.24, 2.45) is 17.1 Å². The van der Waals surface area contributed by atoms with Crippen LogP contribution < -0.4 is 11.1 Å². The van der Waals surface area contributed by atoms with E-state index in [9.17, 15) is 4.79 Å². The fraction of sp³-hybridized carbons (Fsp3) is 0.917. The Labute approximate surface area is 92.8 Å². The van der Waals surface area contributed by atoms with Crippen LogP contribution >= 0.6 is 0 Å². The van der Waals surface area contributed by atoms with Crippen molar-refractivity contribution in [3.63, 3.8) is 0 Å². The minimum Gasteiger partial charge on any atom is -0.356 e. The van der Waals surface area contributed by atoms with Crippen molar-refractivity contribution < 1.29 is 4.79 Å². The monoisotopic (exact) mass is 212 g/mol. The molecule has 1 aliphatic carbocycles. The smallest absolute Gasteiger partial charge is 0.220 e. The Morgan fingerprint density at radius 3 is 2.53 bits per heavy atom. The molecule has 0 aliphatic heterocycles. The van der Waals surface area contributed by atoms with Gasteiger partial charge >= 0.3 is 0 Å². The third kappa shape index (κ3) is 4.65. The second-order valence-corrected chi connectivity index (χ2v) is 5.50. The summed E-state index contributed by atoms with van der Waals surface area (Å²) in [4.78, 5) is 11.6. The summed E-state index contributed by atoms with van der Waals surface area (Å²) >= 11 is 0. The van der Waals surface area contributed by atoms with Gasteiger partial charge in [-0.3, -0.25) is 4.79 Å². The molecule has 1 rings (SSSR count). The maximum atomic E-state index is 11.6. The molecular formula is C12H24N2O. The Morgan fingerprint density at radius 1 is 1.40 bits per heavy atom. The molecule has 1 fully saturated rings. The van der Waals surface area contributed by atoms with E-state index >= 15 is 0 Å². The van der Waals surface area contributed by atoms with E-state index in [4.69, 9.17) is 5.73 Å². The normalized spacial score (nSPS) is 18.1. The van der Waals surface area contributed by atoms with E-state index in [1.54, 1.807) is 0 Å². The van der Waals surface area contributed by atoms with Gasteiger partial charge < -0.3 is 11.1 Å². The van der Waals surface area contributed by atoms with E-state index in [0.717, 1.165) is 12.5 Å². The highest BCUT2D eigenvalue weighted by Crippen LogP contribution is 2.24. The van der Waals surface area contributed by atoms with E-state index in [0.29, 0.717) is 13.0 Å². The second kappa shape index (κ2) is 5.50. The molecule has 0 heterocycles. The minimum absolute atomic E-state index is 0.0697. The lowest BCUT2D eigenvalue weighted by Gasteiger charge is -2.21. The van der Waals surface area contributed by atoms with Crippen LogP contribution in [0.25, 0.3) is 0 Å². The van der Waals surface area contributed by atoms with Crippen molar-refractivity contribution in [3.05, 3.63) is 0 Å². The lowest BCUT2D eigenvalue weighted by Crippen LogP contribution is -2.35. The maximum Gasteiger partial charge on any atom is 0.220 e. The molecule has 3 nitrogen and oxygen atoms in total. The number of carbonyl (C=O) groups excluding carboxylic acids is 1. The average Bonchev–Trinajstić information content (AvgIpc) is 2.66. The predicted octanol–water partition coefficient (Wildman–Crippen LogP) is 1.67. The van der Waals surface area contributed by atoms with Crippen molar-refractivity contribution >= 4 is 5.91 Å². The van der Waals surface area contributed by atoms with Gasteiger partial charge in [-0.25, -0.2) is 0 Å². The fourth-order valence-electron chi connectivity index (χ4n) is 2.04. The van der Waals surface area contributed by atoms with Crippen molar-refractivity contribution in [1.82, 2.24) is 5.32 Å². The third-order valence-electron chi connectivity index (χ3n) is 3.25. The third-order valence-corrected chi connectivity index (χ3v) is 3.25. The standard InChI is InChI=1S/C12H24N2O/c1-12(2,9-13)7-11(15)14-8-10-5-3-4-6-10/h10H,3-9,13H2,1-2H3,(H,14,15). The molecule has 0 aromatic rings. The van der Waals surface area contributed by atoms with E-state index in [1.165, 1.54) is 25.7 Å². The minimum atomic E-state index is -0.0697. The summed E-state index contributed by atoms with van der Waals surface area (Å²) in [5, 5.41) is 3.02.